The summed E-state index contributed by atoms with van der Waals surface area (Å²) in [6, 6.07) is 14.6. The van der Waals surface area contributed by atoms with Gasteiger partial charge in [-0.1, -0.05) is 23.4 Å². The number of carboxylic acid groups (broad SMARTS) is 1. The molecule has 0 saturated carbocycles. The predicted octanol–water partition coefficient (Wildman–Crippen LogP) is 3.02. The Morgan fingerprint density at radius 2 is 1.92 bits per heavy atom. The molecule has 2 N–H and O–H groups in total. The lowest BCUT2D eigenvalue weighted by molar-refractivity contribution is 0.0697. The third kappa shape index (κ3) is 2.83. The van der Waals surface area contributed by atoms with E-state index in [2.05, 4.69) is 25.5 Å². The number of nitrogens with zero attached hydrogens (tertiary/aromatic N) is 2. The van der Waals surface area contributed by atoms with E-state index in [1.165, 1.54) is 0 Å². The summed E-state index contributed by atoms with van der Waals surface area (Å²) >= 11 is 0. The van der Waals surface area contributed by atoms with E-state index in [1.807, 2.05) is 30.3 Å². The lowest BCUT2D eigenvalue weighted by atomic mass is 10.1. The van der Waals surface area contributed by atoms with Crippen LogP contribution in [0, 0.1) is 0 Å². The van der Waals surface area contributed by atoms with Crippen LogP contribution in [-0.2, 0) is 0 Å². The summed E-state index contributed by atoms with van der Waals surface area (Å²) in [7, 11) is 3.51. The molecule has 2 heterocycles. The van der Waals surface area contributed by atoms with Crippen molar-refractivity contribution in [2.75, 3.05) is 5.32 Å². The average molecular weight is 342 g/mol. The number of rotatable bonds is 3. The summed E-state index contributed by atoms with van der Waals surface area (Å²) in [6.45, 7) is 0. The predicted molar refractivity (Wildman–Crippen MR) is 99.1 cm³/mol. The molecule has 0 aliphatic heterocycles. The fourth-order valence-electron chi connectivity index (χ4n) is 2.81. The number of hydrogen-bond donors (Lipinski definition) is 2. The highest BCUT2D eigenvalue weighted by atomic mass is 28.1. The Hall–Kier alpha value is -3.25. The maximum absolute atomic E-state index is 11.3. The SMILES string of the molecule is O=C(O)c1ccc2c(c1)nc(Nc1cccc([Si])c1)c1ccncc12. The van der Waals surface area contributed by atoms with Gasteiger partial charge in [0, 0.05) is 34.2 Å². The highest BCUT2D eigenvalue weighted by Gasteiger charge is 2.11. The molecule has 0 spiro atoms. The Labute approximate surface area is 146 Å². The van der Waals surface area contributed by atoms with Crippen LogP contribution < -0.4 is 10.5 Å². The average Bonchev–Trinajstić information content (AvgIpc) is 2.61. The molecule has 0 aliphatic carbocycles. The van der Waals surface area contributed by atoms with Gasteiger partial charge in [-0.25, -0.2) is 9.78 Å². The summed E-state index contributed by atoms with van der Waals surface area (Å²) in [4.78, 5) is 20.1. The third-order valence-corrected chi connectivity index (χ3v) is 4.28. The molecule has 0 fully saturated rings. The number of aromatic nitrogens is 2. The molecule has 119 valence electrons. The molecule has 2 aromatic carbocycles. The molecule has 0 atom stereocenters. The number of benzene rings is 2. The van der Waals surface area contributed by atoms with E-state index in [0.29, 0.717) is 11.3 Å². The first-order valence-electron chi connectivity index (χ1n) is 7.61. The minimum atomic E-state index is -0.976. The molecule has 0 aliphatic rings. The first-order valence-corrected chi connectivity index (χ1v) is 8.11. The molecule has 6 heteroatoms. The number of aromatic carboxylic acids is 1. The van der Waals surface area contributed by atoms with Crippen molar-refractivity contribution in [3.05, 3.63) is 66.5 Å². The van der Waals surface area contributed by atoms with Crippen molar-refractivity contribution in [3.8, 4) is 0 Å². The van der Waals surface area contributed by atoms with Gasteiger partial charge in [-0.2, -0.15) is 0 Å². The van der Waals surface area contributed by atoms with Gasteiger partial charge in [0.25, 0.3) is 0 Å². The quantitative estimate of drug-likeness (QED) is 0.442. The lowest BCUT2D eigenvalue weighted by Gasteiger charge is -2.12. The van der Waals surface area contributed by atoms with E-state index < -0.39 is 5.97 Å². The van der Waals surface area contributed by atoms with Gasteiger partial charge in [-0.3, -0.25) is 4.98 Å². The molecule has 0 saturated heterocycles. The van der Waals surface area contributed by atoms with Crippen LogP contribution in [0.4, 0.5) is 11.5 Å². The number of hydrogen-bond acceptors (Lipinski definition) is 4. The minimum absolute atomic E-state index is 0.205. The second kappa shape index (κ2) is 5.99. The summed E-state index contributed by atoms with van der Waals surface area (Å²) < 4.78 is 0. The maximum atomic E-state index is 11.3. The van der Waals surface area contributed by atoms with Gasteiger partial charge < -0.3 is 10.4 Å². The molecule has 0 amide bonds. The Kier molecular flexibility index (Phi) is 3.66. The van der Waals surface area contributed by atoms with Crippen LogP contribution in [0.2, 0.25) is 0 Å². The van der Waals surface area contributed by atoms with E-state index in [1.54, 1.807) is 30.6 Å². The van der Waals surface area contributed by atoms with Gasteiger partial charge in [-0.05, 0) is 30.3 Å². The van der Waals surface area contributed by atoms with Crippen molar-refractivity contribution in [1.82, 2.24) is 9.97 Å². The van der Waals surface area contributed by atoms with Crippen molar-refractivity contribution in [2.45, 2.75) is 0 Å². The zero-order valence-corrected chi connectivity index (χ0v) is 14.0. The van der Waals surface area contributed by atoms with E-state index >= 15 is 0 Å². The van der Waals surface area contributed by atoms with Crippen molar-refractivity contribution in [3.63, 3.8) is 0 Å². The Morgan fingerprint density at radius 3 is 2.72 bits per heavy atom. The molecule has 0 unspecified atom stereocenters. The third-order valence-electron chi connectivity index (χ3n) is 3.97. The molecular weight excluding hydrogens is 330 g/mol. The van der Waals surface area contributed by atoms with Crippen LogP contribution in [0.5, 0.6) is 0 Å². The van der Waals surface area contributed by atoms with E-state index in [9.17, 15) is 9.90 Å². The van der Waals surface area contributed by atoms with Crippen molar-refractivity contribution >= 4 is 54.6 Å². The van der Waals surface area contributed by atoms with Crippen molar-refractivity contribution < 1.29 is 9.90 Å². The van der Waals surface area contributed by atoms with Crippen LogP contribution in [0.1, 0.15) is 10.4 Å². The highest BCUT2D eigenvalue weighted by Crippen LogP contribution is 2.30. The zero-order valence-electron chi connectivity index (χ0n) is 13.0. The first kappa shape index (κ1) is 15.3. The van der Waals surface area contributed by atoms with Crippen LogP contribution in [0.3, 0.4) is 0 Å². The van der Waals surface area contributed by atoms with Gasteiger partial charge in [0.2, 0.25) is 0 Å². The largest absolute Gasteiger partial charge is 0.478 e. The smallest absolute Gasteiger partial charge is 0.335 e. The van der Waals surface area contributed by atoms with Crippen LogP contribution in [0.25, 0.3) is 21.7 Å². The molecule has 25 heavy (non-hydrogen) atoms. The molecule has 5 nitrogen and oxygen atoms in total. The number of anilines is 2. The van der Waals surface area contributed by atoms with Crippen LogP contribution in [-0.4, -0.2) is 31.3 Å². The molecule has 4 aromatic rings. The highest BCUT2D eigenvalue weighted by molar-refractivity contribution is 6.32. The molecule has 0 bridgehead atoms. The van der Waals surface area contributed by atoms with E-state index in [0.717, 1.165) is 27.0 Å². The Bertz CT molecular complexity index is 1130. The number of nitrogens with one attached hydrogen (secondary N) is 1. The van der Waals surface area contributed by atoms with Gasteiger partial charge in [0.15, 0.2) is 0 Å². The molecule has 3 radical (unpaired) electrons. The van der Waals surface area contributed by atoms with Gasteiger partial charge >= 0.3 is 5.97 Å². The fraction of sp³-hybridized carbons (Fsp3) is 0. The number of carboxylic acids is 1. The number of fused-ring (bicyclic) bond motifs is 3. The number of pyridine rings is 2. The maximum Gasteiger partial charge on any atom is 0.335 e. The topological polar surface area (TPSA) is 75.1 Å². The van der Waals surface area contributed by atoms with Crippen LogP contribution >= 0.6 is 0 Å². The van der Waals surface area contributed by atoms with Gasteiger partial charge in [-0.15, -0.1) is 0 Å². The summed E-state index contributed by atoms with van der Waals surface area (Å²) in [5.41, 5.74) is 1.70. The Balaban J connectivity index is 1.96. The summed E-state index contributed by atoms with van der Waals surface area (Å²) in [6.07, 6.45) is 3.48. The first-order chi connectivity index (χ1) is 12.1. The lowest BCUT2D eigenvalue weighted by Crippen LogP contribution is -2.04. The van der Waals surface area contributed by atoms with Gasteiger partial charge in [0.1, 0.15) is 5.82 Å². The summed E-state index contributed by atoms with van der Waals surface area (Å²) in [5, 5.41) is 16.2. The number of carbonyl (C=O) groups is 1. The van der Waals surface area contributed by atoms with Crippen LogP contribution in [0.15, 0.2) is 60.9 Å². The van der Waals surface area contributed by atoms with Gasteiger partial charge in [0.05, 0.1) is 21.3 Å². The standard InChI is InChI=1S/C19H12N3O2Si/c23-19(24)11-4-5-14-16-10-20-7-6-15(16)18(22-17(14)8-11)21-12-2-1-3-13(25)9-12/h1-10H,(H,21,22)(H,23,24). The minimum Gasteiger partial charge on any atom is -0.478 e. The molecule has 4 rings (SSSR count). The molecule has 2 aromatic heterocycles. The van der Waals surface area contributed by atoms with Crippen molar-refractivity contribution in [1.29, 1.82) is 0 Å². The fourth-order valence-corrected chi connectivity index (χ4v) is 3.06. The molecular formula is C19H12N3O2Si. The van der Waals surface area contributed by atoms with Crippen molar-refractivity contribution in [2.24, 2.45) is 0 Å². The monoisotopic (exact) mass is 342 g/mol. The Morgan fingerprint density at radius 1 is 1.04 bits per heavy atom. The van der Waals surface area contributed by atoms with E-state index in [4.69, 9.17) is 0 Å². The second-order valence-corrected chi connectivity index (χ2v) is 6.20. The summed E-state index contributed by atoms with van der Waals surface area (Å²) in [5.74, 6) is -0.319. The second-order valence-electron chi connectivity index (χ2n) is 5.62. The normalized spacial score (nSPS) is 10.9. The van der Waals surface area contributed by atoms with E-state index in [-0.39, 0.29) is 5.56 Å². The zero-order chi connectivity index (χ0) is 17.4.